The van der Waals surface area contributed by atoms with Crippen LogP contribution in [0, 0.1) is 0 Å². The molecule has 2 rings (SSSR count). The highest BCUT2D eigenvalue weighted by molar-refractivity contribution is 5.87. The third kappa shape index (κ3) is 5.02. The number of likely N-dealkylation sites (tertiary alicyclic amines) is 1. The van der Waals surface area contributed by atoms with Crippen LogP contribution in [-0.2, 0) is 4.74 Å². The van der Waals surface area contributed by atoms with Gasteiger partial charge in [-0.2, -0.15) is 0 Å². The maximum atomic E-state index is 10.9. The van der Waals surface area contributed by atoms with Gasteiger partial charge in [0.25, 0.3) is 0 Å². The number of piperidine rings is 1. The minimum Gasteiger partial charge on any atom is -0.492 e. The maximum Gasteiger partial charge on any atom is 0.335 e. The third-order valence-corrected chi connectivity index (χ3v) is 3.62. The van der Waals surface area contributed by atoms with Crippen molar-refractivity contribution in [2.24, 2.45) is 0 Å². The first-order valence-corrected chi connectivity index (χ1v) is 7.49. The predicted octanol–water partition coefficient (Wildman–Crippen LogP) is 2.26. The Morgan fingerprint density at radius 2 is 2.33 bits per heavy atom. The Bertz CT molecular complexity index is 461. The van der Waals surface area contributed by atoms with Crippen LogP contribution < -0.4 is 4.74 Å². The Hall–Kier alpha value is -1.59. The topological polar surface area (TPSA) is 59.0 Å². The number of carboxylic acids is 1. The van der Waals surface area contributed by atoms with E-state index < -0.39 is 5.97 Å². The van der Waals surface area contributed by atoms with Gasteiger partial charge < -0.3 is 14.6 Å². The first-order chi connectivity index (χ1) is 10.2. The van der Waals surface area contributed by atoms with Gasteiger partial charge in [0, 0.05) is 19.7 Å². The SMILES string of the molecule is CCOC1CCCN(CCOc2cccc(C(=O)O)c2)C1. The molecule has 1 unspecified atom stereocenters. The summed E-state index contributed by atoms with van der Waals surface area (Å²) >= 11 is 0. The molecule has 0 aliphatic carbocycles. The number of hydrogen-bond donors (Lipinski definition) is 1. The Kier molecular flexibility index (Phi) is 6.02. The zero-order valence-corrected chi connectivity index (χ0v) is 12.5. The quantitative estimate of drug-likeness (QED) is 0.835. The van der Waals surface area contributed by atoms with Crippen LogP contribution in [-0.4, -0.2) is 54.9 Å². The van der Waals surface area contributed by atoms with Crippen LogP contribution >= 0.6 is 0 Å². The molecule has 1 saturated heterocycles. The summed E-state index contributed by atoms with van der Waals surface area (Å²) in [7, 11) is 0. The zero-order valence-electron chi connectivity index (χ0n) is 12.5. The number of aromatic carboxylic acids is 1. The highest BCUT2D eigenvalue weighted by Crippen LogP contribution is 2.15. The maximum absolute atomic E-state index is 10.9. The van der Waals surface area contributed by atoms with E-state index in [0.29, 0.717) is 18.5 Å². The molecule has 0 bridgehead atoms. The molecule has 0 radical (unpaired) electrons. The molecule has 1 fully saturated rings. The fourth-order valence-corrected chi connectivity index (χ4v) is 2.60. The number of nitrogens with zero attached hydrogens (tertiary/aromatic N) is 1. The molecule has 116 valence electrons. The van der Waals surface area contributed by atoms with E-state index in [9.17, 15) is 4.79 Å². The van der Waals surface area contributed by atoms with Gasteiger partial charge in [-0.05, 0) is 44.5 Å². The summed E-state index contributed by atoms with van der Waals surface area (Å²) in [6.45, 7) is 6.20. The molecule has 0 aromatic heterocycles. The molecule has 1 heterocycles. The smallest absolute Gasteiger partial charge is 0.335 e. The molecule has 5 nitrogen and oxygen atoms in total. The van der Waals surface area contributed by atoms with Crippen LogP contribution in [0.5, 0.6) is 5.75 Å². The van der Waals surface area contributed by atoms with Gasteiger partial charge in [-0.25, -0.2) is 4.79 Å². The van der Waals surface area contributed by atoms with E-state index in [0.717, 1.165) is 39.1 Å². The molecule has 0 spiro atoms. The van der Waals surface area contributed by atoms with E-state index in [1.165, 1.54) is 0 Å². The number of carboxylic acid groups (broad SMARTS) is 1. The summed E-state index contributed by atoms with van der Waals surface area (Å²) in [6, 6.07) is 6.60. The molecule has 0 saturated carbocycles. The lowest BCUT2D eigenvalue weighted by Gasteiger charge is -2.32. The average Bonchev–Trinajstić information content (AvgIpc) is 2.48. The second-order valence-electron chi connectivity index (χ2n) is 5.20. The third-order valence-electron chi connectivity index (χ3n) is 3.62. The molecule has 1 aliphatic heterocycles. The average molecular weight is 293 g/mol. The summed E-state index contributed by atoms with van der Waals surface area (Å²) in [5.74, 6) is -0.329. The minimum absolute atomic E-state index is 0.252. The van der Waals surface area contributed by atoms with Crippen molar-refractivity contribution < 1.29 is 19.4 Å². The first kappa shape index (κ1) is 15.8. The minimum atomic E-state index is -0.934. The van der Waals surface area contributed by atoms with Gasteiger partial charge in [0.2, 0.25) is 0 Å². The van der Waals surface area contributed by atoms with Crippen molar-refractivity contribution in [3.8, 4) is 5.75 Å². The Morgan fingerprint density at radius 3 is 3.10 bits per heavy atom. The lowest BCUT2D eigenvalue weighted by atomic mass is 10.1. The zero-order chi connectivity index (χ0) is 15.1. The molecule has 1 N–H and O–H groups in total. The second kappa shape index (κ2) is 8.00. The first-order valence-electron chi connectivity index (χ1n) is 7.49. The molecule has 0 amide bonds. The molecule has 1 aromatic rings. The Balaban J connectivity index is 1.76. The van der Waals surface area contributed by atoms with Crippen LogP contribution in [0.1, 0.15) is 30.1 Å². The van der Waals surface area contributed by atoms with Crippen molar-refractivity contribution in [2.75, 3.05) is 32.8 Å². The van der Waals surface area contributed by atoms with Crippen molar-refractivity contribution >= 4 is 5.97 Å². The van der Waals surface area contributed by atoms with Crippen LogP contribution in [0.4, 0.5) is 0 Å². The van der Waals surface area contributed by atoms with E-state index >= 15 is 0 Å². The van der Waals surface area contributed by atoms with Crippen LogP contribution in [0.25, 0.3) is 0 Å². The normalized spacial score (nSPS) is 19.4. The van der Waals surface area contributed by atoms with Gasteiger partial charge in [0.05, 0.1) is 11.7 Å². The van der Waals surface area contributed by atoms with Crippen molar-refractivity contribution in [1.29, 1.82) is 0 Å². The van der Waals surface area contributed by atoms with Crippen LogP contribution in [0.15, 0.2) is 24.3 Å². The summed E-state index contributed by atoms with van der Waals surface area (Å²) in [5.41, 5.74) is 0.252. The lowest BCUT2D eigenvalue weighted by Crippen LogP contribution is -2.41. The van der Waals surface area contributed by atoms with Crippen molar-refractivity contribution in [2.45, 2.75) is 25.9 Å². The number of benzene rings is 1. The van der Waals surface area contributed by atoms with E-state index in [1.54, 1.807) is 24.3 Å². The highest BCUT2D eigenvalue weighted by Gasteiger charge is 2.19. The summed E-state index contributed by atoms with van der Waals surface area (Å²) in [5, 5.41) is 8.94. The Morgan fingerprint density at radius 1 is 1.48 bits per heavy atom. The highest BCUT2D eigenvalue weighted by atomic mass is 16.5. The molecular weight excluding hydrogens is 270 g/mol. The van der Waals surface area contributed by atoms with Crippen molar-refractivity contribution in [3.05, 3.63) is 29.8 Å². The molecular formula is C16H23NO4. The number of hydrogen-bond acceptors (Lipinski definition) is 4. The molecule has 1 atom stereocenters. The van der Waals surface area contributed by atoms with E-state index in [4.69, 9.17) is 14.6 Å². The van der Waals surface area contributed by atoms with E-state index in [1.807, 2.05) is 6.92 Å². The molecule has 1 aliphatic rings. The fraction of sp³-hybridized carbons (Fsp3) is 0.562. The summed E-state index contributed by atoms with van der Waals surface area (Å²) in [4.78, 5) is 13.2. The summed E-state index contributed by atoms with van der Waals surface area (Å²) < 4.78 is 11.3. The van der Waals surface area contributed by atoms with Crippen LogP contribution in [0.3, 0.4) is 0 Å². The van der Waals surface area contributed by atoms with Gasteiger partial charge in [0.1, 0.15) is 12.4 Å². The predicted molar refractivity (Wildman–Crippen MR) is 80.0 cm³/mol. The Labute approximate surface area is 125 Å². The number of carbonyl (C=O) groups is 1. The van der Waals surface area contributed by atoms with Gasteiger partial charge in [0.15, 0.2) is 0 Å². The lowest BCUT2D eigenvalue weighted by molar-refractivity contribution is 0.00303. The standard InChI is InChI=1S/C16H23NO4/c1-2-20-15-7-4-8-17(12-15)9-10-21-14-6-3-5-13(11-14)16(18)19/h3,5-6,11,15H,2,4,7-10,12H2,1H3,(H,18,19). The van der Waals surface area contributed by atoms with Gasteiger partial charge in [-0.1, -0.05) is 6.07 Å². The van der Waals surface area contributed by atoms with Gasteiger partial charge >= 0.3 is 5.97 Å². The van der Waals surface area contributed by atoms with E-state index in [-0.39, 0.29) is 5.56 Å². The van der Waals surface area contributed by atoms with E-state index in [2.05, 4.69) is 4.90 Å². The monoisotopic (exact) mass is 293 g/mol. The molecule has 21 heavy (non-hydrogen) atoms. The van der Waals surface area contributed by atoms with Crippen molar-refractivity contribution in [3.63, 3.8) is 0 Å². The van der Waals surface area contributed by atoms with Gasteiger partial charge in [-0.15, -0.1) is 0 Å². The fourth-order valence-electron chi connectivity index (χ4n) is 2.60. The molecule has 1 aromatic carbocycles. The summed E-state index contributed by atoms with van der Waals surface area (Å²) in [6.07, 6.45) is 2.62. The largest absolute Gasteiger partial charge is 0.492 e. The van der Waals surface area contributed by atoms with Crippen LogP contribution in [0.2, 0.25) is 0 Å². The van der Waals surface area contributed by atoms with Gasteiger partial charge in [-0.3, -0.25) is 4.90 Å². The second-order valence-corrected chi connectivity index (χ2v) is 5.20. The molecule has 5 heteroatoms. The van der Waals surface area contributed by atoms with Crippen molar-refractivity contribution in [1.82, 2.24) is 4.90 Å². The number of ether oxygens (including phenoxy) is 2. The number of rotatable bonds is 7.